The highest BCUT2D eigenvalue weighted by molar-refractivity contribution is 4.99. The smallest absolute Gasteiger partial charge is 0.138 e. The average molecular weight is 250 g/mol. The molecule has 0 spiro atoms. The van der Waals surface area contributed by atoms with Gasteiger partial charge in [-0.15, -0.1) is 0 Å². The second kappa shape index (κ2) is 4.63. The van der Waals surface area contributed by atoms with Crippen molar-refractivity contribution in [3.05, 3.63) is 12.2 Å². The van der Waals surface area contributed by atoms with Crippen molar-refractivity contribution in [2.45, 2.75) is 63.8 Å². The Morgan fingerprint density at radius 3 is 2.94 bits per heavy atom. The summed E-state index contributed by atoms with van der Waals surface area (Å²) < 4.78 is 7.85. The molecule has 2 fully saturated rings. The molecule has 2 saturated heterocycles. The van der Waals surface area contributed by atoms with Crippen LogP contribution in [0.4, 0.5) is 0 Å². The van der Waals surface area contributed by atoms with Crippen molar-refractivity contribution in [1.82, 2.24) is 14.8 Å². The zero-order valence-corrected chi connectivity index (χ0v) is 11.1. The molecule has 0 aliphatic carbocycles. The van der Waals surface area contributed by atoms with Gasteiger partial charge in [0.25, 0.3) is 0 Å². The molecule has 100 valence electrons. The predicted molar refractivity (Wildman–Crippen MR) is 68.1 cm³/mol. The molecule has 3 heterocycles. The topological polar surface area (TPSA) is 66.0 Å². The van der Waals surface area contributed by atoms with Gasteiger partial charge in [-0.25, -0.2) is 9.67 Å². The van der Waals surface area contributed by atoms with Gasteiger partial charge in [0.2, 0.25) is 0 Å². The molecular weight excluding hydrogens is 228 g/mol. The first kappa shape index (κ1) is 12.1. The van der Waals surface area contributed by atoms with Gasteiger partial charge in [0.15, 0.2) is 0 Å². The van der Waals surface area contributed by atoms with Gasteiger partial charge in [0.1, 0.15) is 12.2 Å². The number of hydrogen-bond donors (Lipinski definition) is 1. The summed E-state index contributed by atoms with van der Waals surface area (Å²) in [4.78, 5) is 4.34. The molecule has 4 unspecified atom stereocenters. The Labute approximate surface area is 108 Å². The Hall–Kier alpha value is -0.940. The molecular formula is C13H22N4O. The maximum atomic E-state index is 6.36. The molecule has 0 amide bonds. The number of ether oxygens (including phenoxy) is 1. The van der Waals surface area contributed by atoms with Crippen molar-refractivity contribution in [1.29, 1.82) is 0 Å². The highest BCUT2D eigenvalue weighted by Gasteiger charge is 2.43. The highest BCUT2D eigenvalue weighted by atomic mass is 16.5. The minimum absolute atomic E-state index is 0.141. The molecule has 5 heteroatoms. The lowest BCUT2D eigenvalue weighted by atomic mass is 9.83. The minimum atomic E-state index is 0.141. The van der Waals surface area contributed by atoms with E-state index < -0.39 is 0 Å². The molecule has 0 aromatic carbocycles. The van der Waals surface area contributed by atoms with E-state index in [1.807, 2.05) is 4.68 Å². The van der Waals surface area contributed by atoms with Crippen molar-refractivity contribution in [3.8, 4) is 0 Å². The van der Waals surface area contributed by atoms with E-state index in [-0.39, 0.29) is 6.04 Å². The van der Waals surface area contributed by atoms with Crippen LogP contribution in [0.25, 0.3) is 0 Å². The van der Waals surface area contributed by atoms with Crippen LogP contribution in [0.15, 0.2) is 6.33 Å². The summed E-state index contributed by atoms with van der Waals surface area (Å²) in [6.45, 7) is 4.23. The van der Waals surface area contributed by atoms with E-state index in [9.17, 15) is 0 Å². The zero-order valence-electron chi connectivity index (χ0n) is 11.1. The Balaban J connectivity index is 1.67. The van der Waals surface area contributed by atoms with Gasteiger partial charge in [-0.1, -0.05) is 0 Å². The van der Waals surface area contributed by atoms with Crippen LogP contribution in [0.5, 0.6) is 0 Å². The van der Waals surface area contributed by atoms with E-state index in [0.717, 1.165) is 18.7 Å². The van der Waals surface area contributed by atoms with Gasteiger partial charge in [0, 0.05) is 24.4 Å². The minimum Gasteiger partial charge on any atom is -0.375 e. The number of aromatic nitrogens is 3. The Morgan fingerprint density at radius 1 is 1.50 bits per heavy atom. The van der Waals surface area contributed by atoms with Crippen LogP contribution < -0.4 is 5.73 Å². The molecule has 2 bridgehead atoms. The number of nitrogens with zero attached hydrogens (tertiary/aromatic N) is 3. The molecule has 1 aromatic heterocycles. The Morgan fingerprint density at radius 2 is 2.33 bits per heavy atom. The van der Waals surface area contributed by atoms with Crippen LogP contribution in [0.3, 0.4) is 0 Å². The lowest BCUT2D eigenvalue weighted by Gasteiger charge is -2.25. The molecule has 18 heavy (non-hydrogen) atoms. The van der Waals surface area contributed by atoms with E-state index in [4.69, 9.17) is 10.5 Å². The summed E-state index contributed by atoms with van der Waals surface area (Å²) in [6.07, 6.45) is 6.81. The van der Waals surface area contributed by atoms with Crippen molar-refractivity contribution in [3.63, 3.8) is 0 Å². The lowest BCUT2D eigenvalue weighted by Crippen LogP contribution is -2.38. The zero-order chi connectivity index (χ0) is 12.7. The van der Waals surface area contributed by atoms with Gasteiger partial charge >= 0.3 is 0 Å². The van der Waals surface area contributed by atoms with E-state index >= 15 is 0 Å². The fourth-order valence-corrected chi connectivity index (χ4v) is 3.34. The molecule has 0 saturated carbocycles. The van der Waals surface area contributed by atoms with E-state index in [1.165, 1.54) is 12.8 Å². The van der Waals surface area contributed by atoms with Crippen molar-refractivity contribution < 1.29 is 4.74 Å². The summed E-state index contributed by atoms with van der Waals surface area (Å²) in [5.41, 5.74) is 6.36. The quantitative estimate of drug-likeness (QED) is 0.874. The number of nitrogens with two attached hydrogens (primary N) is 1. The maximum absolute atomic E-state index is 6.36. The average Bonchev–Trinajstić information content (AvgIpc) is 3.03. The number of fused-ring (bicyclic) bond motifs is 2. The van der Waals surface area contributed by atoms with Crippen LogP contribution >= 0.6 is 0 Å². The van der Waals surface area contributed by atoms with Gasteiger partial charge < -0.3 is 10.5 Å². The SMILES string of the molecule is CC(C)n1ncnc1CC(N)C1CC2CCC1O2. The third-order valence-corrected chi connectivity index (χ3v) is 4.26. The molecule has 4 atom stereocenters. The Bertz CT molecular complexity index is 417. The third kappa shape index (κ3) is 2.06. The molecule has 3 rings (SSSR count). The van der Waals surface area contributed by atoms with Gasteiger partial charge in [-0.3, -0.25) is 0 Å². The van der Waals surface area contributed by atoms with E-state index in [0.29, 0.717) is 24.2 Å². The number of hydrogen-bond acceptors (Lipinski definition) is 4. The second-order valence-corrected chi connectivity index (χ2v) is 5.86. The van der Waals surface area contributed by atoms with Crippen LogP contribution in [-0.2, 0) is 11.2 Å². The molecule has 5 nitrogen and oxygen atoms in total. The summed E-state index contributed by atoms with van der Waals surface area (Å²) in [5, 5.41) is 4.26. The summed E-state index contributed by atoms with van der Waals surface area (Å²) in [7, 11) is 0. The normalized spacial score (nSPS) is 32.3. The molecule has 2 aliphatic rings. The molecule has 0 radical (unpaired) electrons. The Kier molecular flexibility index (Phi) is 3.11. The molecule has 1 aromatic rings. The second-order valence-electron chi connectivity index (χ2n) is 5.86. The van der Waals surface area contributed by atoms with Crippen molar-refractivity contribution in [2.24, 2.45) is 11.7 Å². The van der Waals surface area contributed by atoms with E-state index in [1.54, 1.807) is 6.33 Å². The first-order valence-electron chi connectivity index (χ1n) is 6.94. The van der Waals surface area contributed by atoms with Crippen LogP contribution in [0.1, 0.15) is 45.0 Å². The first-order chi connectivity index (χ1) is 8.65. The molecule has 2 aliphatic heterocycles. The fraction of sp³-hybridized carbons (Fsp3) is 0.846. The standard InChI is InChI=1S/C13H22N4O/c1-8(2)17-13(15-7-16-17)6-11(14)10-5-9-3-4-12(10)18-9/h7-12H,3-6,14H2,1-2H3. The largest absolute Gasteiger partial charge is 0.375 e. The summed E-state index contributed by atoms with van der Waals surface area (Å²) in [5.74, 6) is 1.50. The predicted octanol–water partition coefficient (Wildman–Crippen LogP) is 1.30. The van der Waals surface area contributed by atoms with Crippen LogP contribution in [0.2, 0.25) is 0 Å². The summed E-state index contributed by atoms with van der Waals surface area (Å²) in [6, 6.07) is 0.480. The lowest BCUT2D eigenvalue weighted by molar-refractivity contribution is 0.0883. The van der Waals surface area contributed by atoms with Crippen LogP contribution in [-0.4, -0.2) is 33.0 Å². The molecule has 2 N–H and O–H groups in total. The van der Waals surface area contributed by atoms with Gasteiger partial charge in [-0.05, 0) is 33.1 Å². The van der Waals surface area contributed by atoms with Crippen molar-refractivity contribution >= 4 is 0 Å². The third-order valence-electron chi connectivity index (χ3n) is 4.26. The van der Waals surface area contributed by atoms with Gasteiger partial charge in [-0.2, -0.15) is 5.10 Å². The van der Waals surface area contributed by atoms with E-state index in [2.05, 4.69) is 23.9 Å². The number of rotatable bonds is 4. The first-order valence-corrected chi connectivity index (χ1v) is 6.94. The van der Waals surface area contributed by atoms with Crippen molar-refractivity contribution in [2.75, 3.05) is 0 Å². The summed E-state index contributed by atoms with van der Waals surface area (Å²) >= 11 is 0. The van der Waals surface area contributed by atoms with Crippen LogP contribution in [0, 0.1) is 5.92 Å². The highest BCUT2D eigenvalue weighted by Crippen LogP contribution is 2.40. The monoisotopic (exact) mass is 250 g/mol. The van der Waals surface area contributed by atoms with Gasteiger partial charge in [0.05, 0.1) is 12.2 Å². The maximum Gasteiger partial charge on any atom is 0.138 e. The fourth-order valence-electron chi connectivity index (χ4n) is 3.34.